The molecule has 3 heterocycles. The SMILES string of the molecule is [C-]#[N+]c1cc(-n2c3ccccc3c3cccc(-n4c5ccccc5c5ccccc54)c32)ccc1-c1ccccc1-n1c2ccccc2c2c(C#N)cccc21. The van der Waals surface area contributed by atoms with Crippen molar-refractivity contribution in [2.24, 2.45) is 0 Å². The van der Waals surface area contributed by atoms with Gasteiger partial charge in [-0.3, -0.25) is 0 Å². The number of hydrogen-bond donors (Lipinski definition) is 0. The second-order valence-electron chi connectivity index (χ2n) is 13.9. The zero-order valence-electron chi connectivity index (χ0n) is 29.5. The zero-order chi connectivity index (χ0) is 36.6. The van der Waals surface area contributed by atoms with Crippen LogP contribution >= 0.6 is 0 Å². The molecule has 0 N–H and O–H groups in total. The van der Waals surface area contributed by atoms with Crippen LogP contribution in [0.15, 0.2) is 176 Å². The molecule has 0 saturated heterocycles. The van der Waals surface area contributed by atoms with Gasteiger partial charge in [-0.2, -0.15) is 5.26 Å². The fraction of sp³-hybridized carbons (Fsp3) is 0. The average Bonchev–Trinajstić information content (AvgIpc) is 3.89. The van der Waals surface area contributed by atoms with Gasteiger partial charge in [-0.15, -0.1) is 0 Å². The van der Waals surface area contributed by atoms with Gasteiger partial charge in [0, 0.05) is 38.0 Å². The Hall–Kier alpha value is -7.86. The van der Waals surface area contributed by atoms with E-state index in [2.05, 4.69) is 158 Å². The molecule has 5 heteroatoms. The Bertz CT molecular complexity index is 3420. The molecule has 11 aromatic rings. The predicted octanol–water partition coefficient (Wildman–Crippen LogP) is 13.1. The minimum Gasteiger partial charge on any atom is -0.309 e. The maximum absolute atomic E-state index is 10.1. The van der Waals surface area contributed by atoms with Gasteiger partial charge in [0.05, 0.1) is 62.7 Å². The molecule has 5 nitrogen and oxygen atoms in total. The molecule has 0 atom stereocenters. The van der Waals surface area contributed by atoms with Crippen LogP contribution in [0.4, 0.5) is 5.69 Å². The molecule has 11 rings (SSSR count). The highest BCUT2D eigenvalue weighted by molar-refractivity contribution is 6.15. The van der Waals surface area contributed by atoms with Crippen molar-refractivity contribution in [1.82, 2.24) is 13.7 Å². The van der Waals surface area contributed by atoms with Crippen LogP contribution in [-0.2, 0) is 0 Å². The second kappa shape index (κ2) is 11.8. The van der Waals surface area contributed by atoms with Crippen LogP contribution in [0.25, 0.3) is 98.5 Å². The summed E-state index contributed by atoms with van der Waals surface area (Å²) in [5, 5.41) is 16.8. The Balaban J connectivity index is 1.17. The summed E-state index contributed by atoms with van der Waals surface area (Å²) < 4.78 is 6.93. The van der Waals surface area contributed by atoms with Crippen molar-refractivity contribution in [3.8, 4) is 34.3 Å². The van der Waals surface area contributed by atoms with Crippen LogP contribution in [0.5, 0.6) is 0 Å². The van der Waals surface area contributed by atoms with Crippen LogP contribution in [0.1, 0.15) is 5.56 Å². The number of nitrogens with zero attached hydrogens (tertiary/aromatic N) is 5. The van der Waals surface area contributed by atoms with E-state index in [1.54, 1.807) is 0 Å². The number of aromatic nitrogens is 3. The topological polar surface area (TPSA) is 42.9 Å². The van der Waals surface area contributed by atoms with Crippen molar-refractivity contribution in [3.05, 3.63) is 193 Å². The van der Waals surface area contributed by atoms with E-state index in [1.165, 1.54) is 10.8 Å². The summed E-state index contributed by atoms with van der Waals surface area (Å²) in [5.41, 5.74) is 12.4. The molecular formula is C50H29N5. The van der Waals surface area contributed by atoms with Crippen molar-refractivity contribution < 1.29 is 0 Å². The average molecular weight is 700 g/mol. The highest BCUT2D eigenvalue weighted by atomic mass is 15.1. The molecule has 0 aliphatic carbocycles. The third kappa shape index (κ3) is 4.33. The van der Waals surface area contributed by atoms with Gasteiger partial charge in [0.1, 0.15) is 0 Å². The quantitative estimate of drug-likeness (QED) is 0.169. The molecule has 0 aliphatic rings. The Kier molecular flexibility index (Phi) is 6.61. The third-order valence-electron chi connectivity index (χ3n) is 11.1. The minimum absolute atomic E-state index is 0.559. The fourth-order valence-corrected chi connectivity index (χ4v) is 8.88. The van der Waals surface area contributed by atoms with Gasteiger partial charge < -0.3 is 13.7 Å². The molecule has 8 aromatic carbocycles. The summed E-state index contributed by atoms with van der Waals surface area (Å²) in [6.45, 7) is 8.55. The lowest BCUT2D eigenvalue weighted by molar-refractivity contribution is 1.13. The van der Waals surface area contributed by atoms with E-state index in [0.29, 0.717) is 11.3 Å². The number of nitriles is 1. The molecular weight excluding hydrogens is 671 g/mol. The molecule has 0 bridgehead atoms. The Morgan fingerprint density at radius 3 is 1.64 bits per heavy atom. The summed E-state index contributed by atoms with van der Waals surface area (Å²) in [7, 11) is 0. The summed E-state index contributed by atoms with van der Waals surface area (Å²) >= 11 is 0. The van der Waals surface area contributed by atoms with Crippen LogP contribution in [-0.4, -0.2) is 13.7 Å². The van der Waals surface area contributed by atoms with Crippen molar-refractivity contribution in [3.63, 3.8) is 0 Å². The standard InChI is InChI=1S/C50H29N5/c1-52-41-30-33(28-29-34(41)35-15-2-8-22-43(35)54-46-25-11-6-19-40(46)49-32(31-51)14-12-26-47(49)54)53-42-21-7-5-18-38(42)39-20-13-27-48(50(39)53)55-44-23-9-3-16-36(44)37-17-4-10-24-45(37)55/h2-30H. The van der Waals surface area contributed by atoms with Crippen LogP contribution in [0.3, 0.4) is 0 Å². The van der Waals surface area contributed by atoms with Crippen molar-refractivity contribution >= 4 is 71.1 Å². The molecule has 0 unspecified atom stereocenters. The predicted molar refractivity (Wildman–Crippen MR) is 226 cm³/mol. The van der Waals surface area contributed by atoms with Crippen molar-refractivity contribution in [2.45, 2.75) is 0 Å². The molecule has 0 spiro atoms. The third-order valence-corrected chi connectivity index (χ3v) is 11.1. The second-order valence-corrected chi connectivity index (χ2v) is 13.9. The number of benzene rings is 8. The Morgan fingerprint density at radius 1 is 0.436 bits per heavy atom. The monoisotopic (exact) mass is 699 g/mol. The first-order valence-electron chi connectivity index (χ1n) is 18.3. The van der Waals surface area contributed by atoms with Crippen LogP contribution < -0.4 is 0 Å². The van der Waals surface area contributed by atoms with E-state index in [9.17, 15) is 5.26 Å². The molecule has 0 saturated carbocycles. The summed E-state index contributed by atoms with van der Waals surface area (Å²) in [6.07, 6.45) is 0. The molecule has 3 aromatic heterocycles. The maximum atomic E-state index is 10.1. The van der Waals surface area contributed by atoms with E-state index in [0.717, 1.165) is 82.8 Å². The number of fused-ring (bicyclic) bond motifs is 9. The highest BCUT2D eigenvalue weighted by Crippen LogP contribution is 2.43. The number of rotatable bonds is 4. The molecule has 0 fully saturated rings. The van der Waals surface area contributed by atoms with Crippen molar-refractivity contribution in [2.75, 3.05) is 0 Å². The van der Waals surface area contributed by atoms with Gasteiger partial charge in [0.15, 0.2) is 5.69 Å². The van der Waals surface area contributed by atoms with Gasteiger partial charge in [-0.25, -0.2) is 4.85 Å². The molecule has 55 heavy (non-hydrogen) atoms. The van der Waals surface area contributed by atoms with Crippen molar-refractivity contribution in [1.29, 1.82) is 5.26 Å². The largest absolute Gasteiger partial charge is 0.309 e. The Morgan fingerprint density at radius 2 is 0.945 bits per heavy atom. The maximum Gasteiger partial charge on any atom is 0.197 e. The van der Waals surface area contributed by atoms with Crippen LogP contribution in [0, 0.1) is 17.9 Å². The van der Waals surface area contributed by atoms with Gasteiger partial charge in [0.2, 0.25) is 0 Å². The first-order valence-corrected chi connectivity index (χ1v) is 18.3. The van der Waals surface area contributed by atoms with E-state index < -0.39 is 0 Å². The number of hydrogen-bond acceptors (Lipinski definition) is 1. The lowest BCUT2D eigenvalue weighted by atomic mass is 10.0. The summed E-state index contributed by atoms with van der Waals surface area (Å²) in [5.74, 6) is 0. The normalized spacial score (nSPS) is 11.6. The van der Waals surface area contributed by atoms with Gasteiger partial charge in [0.25, 0.3) is 0 Å². The van der Waals surface area contributed by atoms with E-state index in [4.69, 9.17) is 6.57 Å². The molecule has 0 radical (unpaired) electrons. The summed E-state index contributed by atoms with van der Waals surface area (Å²) in [6, 6.07) is 63.4. The summed E-state index contributed by atoms with van der Waals surface area (Å²) in [4.78, 5) is 4.19. The van der Waals surface area contributed by atoms with E-state index in [1.807, 2.05) is 42.5 Å². The first kappa shape index (κ1) is 30.7. The minimum atomic E-state index is 0.559. The van der Waals surface area contributed by atoms with E-state index in [-0.39, 0.29) is 0 Å². The Labute approximate surface area is 316 Å². The highest BCUT2D eigenvalue weighted by Gasteiger charge is 2.22. The molecule has 0 aliphatic heterocycles. The number of para-hydroxylation sites is 6. The van der Waals surface area contributed by atoms with Crippen LogP contribution in [0.2, 0.25) is 0 Å². The van der Waals surface area contributed by atoms with Gasteiger partial charge >= 0.3 is 0 Å². The van der Waals surface area contributed by atoms with Gasteiger partial charge in [-0.1, -0.05) is 115 Å². The zero-order valence-corrected chi connectivity index (χ0v) is 29.5. The fourth-order valence-electron chi connectivity index (χ4n) is 8.88. The van der Waals surface area contributed by atoms with Gasteiger partial charge in [-0.05, 0) is 71.8 Å². The van der Waals surface area contributed by atoms with E-state index >= 15 is 0 Å². The first-order chi connectivity index (χ1) is 27.2. The lowest BCUT2D eigenvalue weighted by Crippen LogP contribution is -2.01. The smallest absolute Gasteiger partial charge is 0.197 e. The molecule has 0 amide bonds. The molecule has 254 valence electrons. The lowest BCUT2D eigenvalue weighted by Gasteiger charge is -2.17.